The average Bonchev–Trinajstić information content (AvgIpc) is 3.81. The highest BCUT2D eigenvalue weighted by atomic mass is 16.3. The van der Waals surface area contributed by atoms with E-state index in [0.717, 1.165) is 61.5 Å². The predicted octanol–water partition coefficient (Wildman–Crippen LogP) is 14.0. The second kappa shape index (κ2) is 12.6. The van der Waals surface area contributed by atoms with Crippen LogP contribution in [0.2, 0.25) is 0 Å². The molecule has 4 heteroatoms. The molecule has 3 aromatic heterocycles. The molecule has 0 saturated carbocycles. The molecular formula is C51H33N3O. The minimum atomic E-state index is 0.771. The highest BCUT2D eigenvalue weighted by Crippen LogP contribution is 2.44. The Kier molecular flexibility index (Phi) is 7.14. The fraction of sp³-hybridized carbons (Fsp3) is 0. The molecule has 0 fully saturated rings. The number of hydrogen-bond acceptors (Lipinski definition) is 3. The van der Waals surface area contributed by atoms with Gasteiger partial charge in [0.1, 0.15) is 5.52 Å². The quantitative estimate of drug-likeness (QED) is 0.173. The summed E-state index contributed by atoms with van der Waals surface area (Å²) in [4.78, 5) is 6.98. The number of aromatic nitrogens is 2. The minimum absolute atomic E-state index is 0.771. The maximum absolute atomic E-state index is 6.56. The second-order valence-electron chi connectivity index (χ2n) is 14.0. The fourth-order valence-corrected chi connectivity index (χ4v) is 8.31. The third-order valence-corrected chi connectivity index (χ3v) is 10.8. The standard InChI is InChI=1S/C51H33N3O/c1-2-12-34(13-3-1)37-15-8-17-40(32-37)53(47-23-10-21-44-50-48(55-51(44)47)24-11-31-52-50)41-18-9-16-38(33-41)35-25-28-39(29-26-35)54-45-22-7-6-20-43(45)49-42-19-5-4-14-36(42)27-30-46(49)54/h1-33H. The van der Waals surface area contributed by atoms with Crippen molar-refractivity contribution in [3.8, 4) is 27.9 Å². The van der Waals surface area contributed by atoms with Crippen molar-refractivity contribution in [1.82, 2.24) is 9.55 Å². The monoisotopic (exact) mass is 703 g/mol. The van der Waals surface area contributed by atoms with E-state index in [4.69, 9.17) is 4.42 Å². The van der Waals surface area contributed by atoms with Gasteiger partial charge in [-0.25, -0.2) is 0 Å². The van der Waals surface area contributed by atoms with E-state index in [9.17, 15) is 0 Å². The van der Waals surface area contributed by atoms with Gasteiger partial charge in [0.15, 0.2) is 11.2 Å². The zero-order valence-electron chi connectivity index (χ0n) is 29.8. The first-order chi connectivity index (χ1) is 27.3. The summed E-state index contributed by atoms with van der Waals surface area (Å²) in [6.45, 7) is 0. The van der Waals surface area contributed by atoms with Gasteiger partial charge in [-0.15, -0.1) is 0 Å². The van der Waals surface area contributed by atoms with Crippen LogP contribution in [0.5, 0.6) is 0 Å². The number of fused-ring (bicyclic) bond motifs is 8. The number of furan rings is 1. The number of rotatable bonds is 6. The van der Waals surface area contributed by atoms with E-state index in [1.165, 1.54) is 38.1 Å². The Morgan fingerprint density at radius 3 is 1.91 bits per heavy atom. The van der Waals surface area contributed by atoms with Crippen molar-refractivity contribution in [1.29, 1.82) is 0 Å². The normalized spacial score (nSPS) is 11.6. The van der Waals surface area contributed by atoms with Crippen molar-refractivity contribution in [3.63, 3.8) is 0 Å². The molecule has 0 aliphatic carbocycles. The maximum Gasteiger partial charge on any atom is 0.161 e. The molecule has 11 aromatic rings. The molecule has 0 unspecified atom stereocenters. The van der Waals surface area contributed by atoms with Gasteiger partial charge >= 0.3 is 0 Å². The average molecular weight is 704 g/mol. The van der Waals surface area contributed by atoms with Gasteiger partial charge in [-0.05, 0) is 106 Å². The molecule has 0 bridgehead atoms. The van der Waals surface area contributed by atoms with Crippen molar-refractivity contribution < 1.29 is 4.42 Å². The fourth-order valence-electron chi connectivity index (χ4n) is 8.31. The Bertz CT molecular complexity index is 3210. The topological polar surface area (TPSA) is 34.2 Å². The van der Waals surface area contributed by atoms with Gasteiger partial charge in [-0.2, -0.15) is 0 Å². The molecule has 0 amide bonds. The summed E-state index contributed by atoms with van der Waals surface area (Å²) < 4.78 is 8.95. The molecule has 0 spiro atoms. The van der Waals surface area contributed by atoms with Crippen LogP contribution in [0.4, 0.5) is 17.1 Å². The van der Waals surface area contributed by atoms with Gasteiger partial charge in [0.05, 0.1) is 16.7 Å². The number of para-hydroxylation sites is 2. The van der Waals surface area contributed by atoms with Crippen LogP contribution in [-0.2, 0) is 0 Å². The number of nitrogens with zero attached hydrogens (tertiary/aromatic N) is 3. The zero-order valence-corrected chi connectivity index (χ0v) is 29.8. The van der Waals surface area contributed by atoms with E-state index < -0.39 is 0 Å². The van der Waals surface area contributed by atoms with Crippen molar-refractivity contribution in [2.24, 2.45) is 0 Å². The second-order valence-corrected chi connectivity index (χ2v) is 14.0. The molecule has 8 aromatic carbocycles. The first-order valence-electron chi connectivity index (χ1n) is 18.6. The molecule has 3 heterocycles. The van der Waals surface area contributed by atoms with E-state index >= 15 is 0 Å². The third-order valence-electron chi connectivity index (χ3n) is 10.8. The first-order valence-corrected chi connectivity index (χ1v) is 18.6. The number of hydrogen-bond donors (Lipinski definition) is 0. The lowest BCUT2D eigenvalue weighted by Gasteiger charge is -2.26. The largest absolute Gasteiger partial charge is 0.452 e. The summed E-state index contributed by atoms with van der Waals surface area (Å²) >= 11 is 0. The van der Waals surface area contributed by atoms with Crippen molar-refractivity contribution in [2.45, 2.75) is 0 Å². The minimum Gasteiger partial charge on any atom is -0.452 e. The van der Waals surface area contributed by atoms with Crippen LogP contribution in [0.1, 0.15) is 0 Å². The van der Waals surface area contributed by atoms with Crippen molar-refractivity contribution in [3.05, 3.63) is 200 Å². The van der Waals surface area contributed by atoms with Crippen LogP contribution < -0.4 is 4.90 Å². The summed E-state index contributed by atoms with van der Waals surface area (Å²) in [6.07, 6.45) is 1.82. The molecule has 0 aliphatic heterocycles. The van der Waals surface area contributed by atoms with Crippen LogP contribution in [0.25, 0.3) is 82.6 Å². The van der Waals surface area contributed by atoms with Gasteiger partial charge < -0.3 is 13.9 Å². The van der Waals surface area contributed by atoms with Crippen molar-refractivity contribution in [2.75, 3.05) is 4.90 Å². The summed E-state index contributed by atoms with van der Waals surface area (Å²) in [7, 11) is 0. The lowest BCUT2D eigenvalue weighted by atomic mass is 10.0. The number of anilines is 3. The lowest BCUT2D eigenvalue weighted by molar-refractivity contribution is 0.668. The van der Waals surface area contributed by atoms with Crippen LogP contribution in [0.15, 0.2) is 205 Å². The van der Waals surface area contributed by atoms with Crippen LogP contribution in [-0.4, -0.2) is 9.55 Å². The van der Waals surface area contributed by atoms with E-state index in [1.807, 2.05) is 18.3 Å². The Labute approximate surface area is 317 Å². The SMILES string of the molecule is c1ccc(-c2cccc(N(c3cccc(-c4ccc(-n5c6ccccc6c6c7ccccc7ccc65)cc4)c3)c3cccc4c3oc3cccnc34)c2)cc1. The highest BCUT2D eigenvalue weighted by molar-refractivity contribution is 6.21. The van der Waals surface area contributed by atoms with Gasteiger partial charge in [0, 0.05) is 39.4 Å². The molecular weight excluding hydrogens is 671 g/mol. The summed E-state index contributed by atoms with van der Waals surface area (Å²) in [5.74, 6) is 0. The Morgan fingerprint density at radius 2 is 1.11 bits per heavy atom. The smallest absolute Gasteiger partial charge is 0.161 e. The molecule has 4 nitrogen and oxygen atoms in total. The van der Waals surface area contributed by atoms with Gasteiger partial charge in [-0.3, -0.25) is 4.98 Å². The molecule has 11 rings (SSSR count). The van der Waals surface area contributed by atoms with Gasteiger partial charge in [0.2, 0.25) is 0 Å². The molecule has 258 valence electrons. The summed E-state index contributed by atoms with van der Waals surface area (Å²) in [6, 6.07) is 69.1. The zero-order chi connectivity index (χ0) is 36.3. The maximum atomic E-state index is 6.56. The van der Waals surface area contributed by atoms with Crippen LogP contribution >= 0.6 is 0 Å². The van der Waals surface area contributed by atoms with E-state index in [-0.39, 0.29) is 0 Å². The number of pyridine rings is 1. The molecule has 55 heavy (non-hydrogen) atoms. The summed E-state index contributed by atoms with van der Waals surface area (Å²) in [5, 5.41) is 6.07. The Balaban J connectivity index is 1.05. The highest BCUT2D eigenvalue weighted by Gasteiger charge is 2.21. The predicted molar refractivity (Wildman–Crippen MR) is 229 cm³/mol. The molecule has 0 atom stereocenters. The first kappa shape index (κ1) is 31.1. The van der Waals surface area contributed by atoms with Crippen LogP contribution in [0, 0.1) is 0 Å². The molecule has 0 saturated heterocycles. The third kappa shape index (κ3) is 5.11. The lowest BCUT2D eigenvalue weighted by Crippen LogP contribution is -2.10. The molecule has 0 N–H and O–H groups in total. The Hall–Kier alpha value is -7.43. The van der Waals surface area contributed by atoms with Crippen molar-refractivity contribution >= 4 is 71.7 Å². The van der Waals surface area contributed by atoms with E-state index in [1.54, 1.807) is 0 Å². The molecule has 0 aliphatic rings. The number of benzene rings is 8. The molecule has 0 radical (unpaired) electrons. The van der Waals surface area contributed by atoms with Gasteiger partial charge in [0.25, 0.3) is 0 Å². The van der Waals surface area contributed by atoms with E-state index in [2.05, 4.69) is 196 Å². The Morgan fingerprint density at radius 1 is 0.455 bits per heavy atom. The van der Waals surface area contributed by atoms with E-state index in [0.29, 0.717) is 0 Å². The summed E-state index contributed by atoms with van der Waals surface area (Å²) in [5.41, 5.74) is 13.6. The van der Waals surface area contributed by atoms with Gasteiger partial charge in [-0.1, -0.05) is 121 Å². The van der Waals surface area contributed by atoms with Crippen LogP contribution in [0.3, 0.4) is 0 Å².